The van der Waals surface area contributed by atoms with E-state index in [1.165, 1.54) is 12.1 Å². The molecule has 0 N–H and O–H groups in total. The molecule has 3 rings (SSSR count). The zero-order valence-electron chi connectivity index (χ0n) is 10.6. The quantitative estimate of drug-likeness (QED) is 0.770. The highest BCUT2D eigenvalue weighted by Gasteiger charge is 2.16. The summed E-state index contributed by atoms with van der Waals surface area (Å²) in [4.78, 5) is 1.08. The van der Waals surface area contributed by atoms with E-state index in [-0.39, 0.29) is 12.6 Å². The molecule has 0 fully saturated rings. The third kappa shape index (κ3) is 3.08. The van der Waals surface area contributed by atoms with Gasteiger partial charge in [0.2, 0.25) is 0 Å². The Balaban J connectivity index is 1.80. The number of halogens is 2. The van der Waals surface area contributed by atoms with Crippen LogP contribution in [0.25, 0.3) is 0 Å². The average molecular weight is 311 g/mol. The van der Waals surface area contributed by atoms with E-state index in [1.54, 1.807) is 11.8 Å². The predicted octanol–water partition coefficient (Wildman–Crippen LogP) is 4.64. The fourth-order valence-corrected chi connectivity index (χ4v) is 3.05. The van der Waals surface area contributed by atoms with Crippen molar-refractivity contribution in [1.29, 1.82) is 0 Å². The summed E-state index contributed by atoms with van der Waals surface area (Å²) in [7, 11) is 0. The Morgan fingerprint density at radius 1 is 1.20 bits per heavy atom. The highest BCUT2D eigenvalue weighted by molar-refractivity contribution is 7.98. The van der Waals surface area contributed by atoms with Crippen molar-refractivity contribution in [3.8, 4) is 5.75 Å². The van der Waals surface area contributed by atoms with Gasteiger partial charge in [-0.15, -0.1) is 11.8 Å². The van der Waals surface area contributed by atoms with E-state index >= 15 is 0 Å². The van der Waals surface area contributed by atoms with Gasteiger partial charge in [-0.3, -0.25) is 0 Å². The van der Waals surface area contributed by atoms with Crippen LogP contribution in [0.4, 0.5) is 4.39 Å². The normalized spacial score (nSPS) is 13.7. The first-order chi connectivity index (χ1) is 9.72. The van der Waals surface area contributed by atoms with E-state index in [0.29, 0.717) is 17.4 Å². The van der Waals surface area contributed by atoms with Crippen LogP contribution in [0.3, 0.4) is 0 Å². The molecule has 0 bridgehead atoms. The molecular weight excluding hydrogens is 299 g/mol. The number of hydrogen-bond acceptors (Lipinski definition) is 3. The monoisotopic (exact) mass is 310 g/mol. The second-order valence-electron chi connectivity index (χ2n) is 4.41. The lowest BCUT2D eigenvalue weighted by Gasteiger charge is -2.20. The van der Waals surface area contributed by atoms with Crippen LogP contribution < -0.4 is 4.74 Å². The van der Waals surface area contributed by atoms with E-state index in [1.807, 2.05) is 24.3 Å². The van der Waals surface area contributed by atoms with Crippen molar-refractivity contribution in [1.82, 2.24) is 0 Å². The summed E-state index contributed by atoms with van der Waals surface area (Å²) in [6.45, 7) is 0.614. The Morgan fingerprint density at radius 3 is 2.80 bits per heavy atom. The summed E-state index contributed by atoms with van der Waals surface area (Å²) in [5, 5.41) is 0.706. The maximum absolute atomic E-state index is 13.6. The summed E-state index contributed by atoms with van der Waals surface area (Å²) in [5.74, 6) is 1.13. The molecule has 0 atom stereocenters. The Hall–Kier alpha value is -1.23. The Labute approximate surface area is 125 Å². The highest BCUT2D eigenvalue weighted by Crippen LogP contribution is 2.34. The number of benzene rings is 2. The van der Waals surface area contributed by atoms with Crippen molar-refractivity contribution < 1.29 is 13.9 Å². The summed E-state index contributed by atoms with van der Waals surface area (Å²) >= 11 is 7.47. The van der Waals surface area contributed by atoms with Crippen molar-refractivity contribution in [2.24, 2.45) is 0 Å². The zero-order valence-corrected chi connectivity index (χ0v) is 12.1. The SMILES string of the molecule is Fc1cc2c(c(CSc3ccc(Cl)cc3)c1)OCOC2. The molecule has 1 aliphatic rings. The van der Waals surface area contributed by atoms with E-state index in [4.69, 9.17) is 21.1 Å². The molecule has 0 unspecified atom stereocenters. The smallest absolute Gasteiger partial charge is 0.189 e. The van der Waals surface area contributed by atoms with Crippen molar-refractivity contribution in [3.05, 3.63) is 58.4 Å². The van der Waals surface area contributed by atoms with Crippen molar-refractivity contribution in [2.45, 2.75) is 17.3 Å². The second kappa shape index (κ2) is 6.04. The lowest BCUT2D eigenvalue weighted by atomic mass is 10.1. The Kier molecular flexibility index (Phi) is 4.15. The van der Waals surface area contributed by atoms with Gasteiger partial charge in [0.1, 0.15) is 11.6 Å². The van der Waals surface area contributed by atoms with Crippen LogP contribution in [0, 0.1) is 5.82 Å². The molecule has 1 aliphatic heterocycles. The van der Waals surface area contributed by atoms with Gasteiger partial charge < -0.3 is 9.47 Å². The molecule has 2 aromatic carbocycles. The molecule has 5 heteroatoms. The lowest BCUT2D eigenvalue weighted by Crippen LogP contribution is -2.13. The molecule has 2 nitrogen and oxygen atoms in total. The van der Waals surface area contributed by atoms with Crippen LogP contribution in [0.5, 0.6) is 5.75 Å². The summed E-state index contributed by atoms with van der Waals surface area (Å²) in [6.07, 6.45) is 0. The molecule has 2 aromatic rings. The van der Waals surface area contributed by atoms with E-state index < -0.39 is 0 Å². The van der Waals surface area contributed by atoms with Crippen LogP contribution >= 0.6 is 23.4 Å². The first kappa shape index (κ1) is 13.7. The van der Waals surface area contributed by atoms with Crippen LogP contribution in [0.15, 0.2) is 41.3 Å². The van der Waals surface area contributed by atoms with Gasteiger partial charge in [-0.2, -0.15) is 0 Å². The highest BCUT2D eigenvalue weighted by atomic mass is 35.5. The van der Waals surface area contributed by atoms with Gasteiger partial charge in [-0.1, -0.05) is 11.6 Å². The lowest BCUT2D eigenvalue weighted by molar-refractivity contribution is -0.0171. The van der Waals surface area contributed by atoms with Crippen LogP contribution in [0.2, 0.25) is 5.02 Å². The van der Waals surface area contributed by atoms with Crippen molar-refractivity contribution in [3.63, 3.8) is 0 Å². The number of ether oxygens (including phenoxy) is 2. The van der Waals surface area contributed by atoms with Crippen molar-refractivity contribution >= 4 is 23.4 Å². The molecule has 0 amide bonds. The largest absolute Gasteiger partial charge is 0.467 e. The van der Waals surface area contributed by atoms with Gasteiger partial charge in [0, 0.05) is 26.8 Å². The molecule has 0 saturated heterocycles. The maximum atomic E-state index is 13.6. The Morgan fingerprint density at radius 2 is 2.00 bits per heavy atom. The first-order valence-electron chi connectivity index (χ1n) is 6.12. The summed E-state index contributed by atoms with van der Waals surface area (Å²) in [6, 6.07) is 10.6. The van der Waals surface area contributed by atoms with Crippen LogP contribution in [-0.4, -0.2) is 6.79 Å². The van der Waals surface area contributed by atoms with Gasteiger partial charge >= 0.3 is 0 Å². The third-order valence-electron chi connectivity index (χ3n) is 2.96. The zero-order chi connectivity index (χ0) is 13.9. The molecule has 0 saturated carbocycles. The third-order valence-corrected chi connectivity index (χ3v) is 4.27. The summed E-state index contributed by atoms with van der Waals surface area (Å²) in [5.41, 5.74) is 1.62. The molecule has 0 aliphatic carbocycles. The molecular formula is C15H12ClFO2S. The predicted molar refractivity (Wildman–Crippen MR) is 77.7 cm³/mol. The Bertz CT molecular complexity index is 616. The van der Waals surface area contributed by atoms with Gasteiger partial charge in [0.05, 0.1) is 6.61 Å². The minimum atomic E-state index is -0.260. The molecule has 1 heterocycles. The van der Waals surface area contributed by atoms with Gasteiger partial charge in [-0.05, 0) is 36.4 Å². The van der Waals surface area contributed by atoms with Crippen molar-refractivity contribution in [2.75, 3.05) is 6.79 Å². The second-order valence-corrected chi connectivity index (χ2v) is 5.89. The number of fused-ring (bicyclic) bond motifs is 1. The number of rotatable bonds is 3. The fourth-order valence-electron chi connectivity index (χ4n) is 2.06. The maximum Gasteiger partial charge on any atom is 0.189 e. The van der Waals surface area contributed by atoms with Gasteiger partial charge in [-0.25, -0.2) is 4.39 Å². The number of hydrogen-bond donors (Lipinski definition) is 0. The molecule has 20 heavy (non-hydrogen) atoms. The topological polar surface area (TPSA) is 18.5 Å². The summed E-state index contributed by atoms with van der Waals surface area (Å²) < 4.78 is 24.3. The molecule has 0 spiro atoms. The van der Waals surface area contributed by atoms with E-state index in [0.717, 1.165) is 21.8 Å². The molecule has 0 aromatic heterocycles. The molecule has 104 valence electrons. The first-order valence-corrected chi connectivity index (χ1v) is 7.49. The van der Waals surface area contributed by atoms with Gasteiger partial charge in [0.15, 0.2) is 6.79 Å². The van der Waals surface area contributed by atoms with E-state index in [2.05, 4.69) is 0 Å². The van der Waals surface area contributed by atoms with E-state index in [9.17, 15) is 4.39 Å². The fraction of sp³-hybridized carbons (Fsp3) is 0.200. The standard InChI is InChI=1S/C15H12ClFO2S/c16-12-1-3-14(4-2-12)20-8-11-6-13(17)5-10-7-18-9-19-15(10)11/h1-6H,7-9H2. The number of thioether (sulfide) groups is 1. The van der Waals surface area contributed by atoms with Crippen LogP contribution in [-0.2, 0) is 17.1 Å². The van der Waals surface area contributed by atoms with Gasteiger partial charge in [0.25, 0.3) is 0 Å². The average Bonchev–Trinajstić information content (AvgIpc) is 2.46. The minimum Gasteiger partial charge on any atom is -0.467 e. The van der Waals surface area contributed by atoms with Crippen LogP contribution in [0.1, 0.15) is 11.1 Å². The molecule has 0 radical (unpaired) electrons. The minimum absolute atomic E-state index is 0.219.